The maximum absolute atomic E-state index is 13.5. The van der Waals surface area contributed by atoms with Gasteiger partial charge in [-0.3, -0.25) is 9.59 Å². The van der Waals surface area contributed by atoms with Crippen molar-refractivity contribution in [1.29, 1.82) is 0 Å². The summed E-state index contributed by atoms with van der Waals surface area (Å²) in [4.78, 5) is 42.1. The first-order chi connectivity index (χ1) is 18.1. The summed E-state index contributed by atoms with van der Waals surface area (Å²) >= 11 is 0. The first kappa shape index (κ1) is 27.4. The second-order valence-electron chi connectivity index (χ2n) is 10.7. The van der Waals surface area contributed by atoms with Crippen molar-refractivity contribution in [2.75, 3.05) is 0 Å². The van der Waals surface area contributed by atoms with Gasteiger partial charge in [0.1, 0.15) is 11.8 Å². The smallest absolute Gasteiger partial charge is 0.358 e. The van der Waals surface area contributed by atoms with Crippen LogP contribution in [0.25, 0.3) is 10.9 Å². The maximum Gasteiger partial charge on any atom is 0.358 e. The van der Waals surface area contributed by atoms with E-state index in [0.717, 1.165) is 42.1 Å². The first-order valence-corrected chi connectivity index (χ1v) is 13.4. The van der Waals surface area contributed by atoms with Crippen LogP contribution in [-0.2, 0) is 27.8 Å². The number of rotatable bonds is 10. The number of carbonyl (C=O) groups is 3. The summed E-state index contributed by atoms with van der Waals surface area (Å²) in [5, 5.41) is 13.5. The van der Waals surface area contributed by atoms with Gasteiger partial charge in [-0.2, -0.15) is 0 Å². The van der Waals surface area contributed by atoms with Crippen LogP contribution in [0, 0.1) is 18.8 Å². The molecule has 2 atom stereocenters. The van der Waals surface area contributed by atoms with E-state index < -0.39 is 24.0 Å². The molecule has 1 amide bonds. The van der Waals surface area contributed by atoms with Crippen molar-refractivity contribution in [3.8, 4) is 0 Å². The number of carboxylic acid groups (broad SMARTS) is 1. The number of hydrogen-bond donors (Lipinski definition) is 2. The number of benzene rings is 1. The number of aryl methyl sites for hydroxylation is 2. The van der Waals surface area contributed by atoms with Crippen LogP contribution in [0.15, 0.2) is 34.9 Å². The highest BCUT2D eigenvalue weighted by Gasteiger charge is 2.32. The third-order valence-corrected chi connectivity index (χ3v) is 7.34. The summed E-state index contributed by atoms with van der Waals surface area (Å²) in [5.74, 6) is -1.74. The topological polar surface area (TPSA) is 124 Å². The molecule has 1 saturated carbocycles. The third-order valence-electron chi connectivity index (χ3n) is 7.34. The minimum absolute atomic E-state index is 0.0947. The zero-order valence-electron chi connectivity index (χ0n) is 22.5. The molecule has 2 aromatic heterocycles. The Morgan fingerprint density at radius 3 is 2.55 bits per heavy atom. The van der Waals surface area contributed by atoms with Gasteiger partial charge in [-0.1, -0.05) is 51.3 Å². The molecule has 1 aliphatic carbocycles. The summed E-state index contributed by atoms with van der Waals surface area (Å²) < 4.78 is 13.4. The molecule has 38 heavy (non-hydrogen) atoms. The molecule has 0 aliphatic heterocycles. The zero-order valence-corrected chi connectivity index (χ0v) is 22.5. The van der Waals surface area contributed by atoms with Crippen LogP contribution in [0.2, 0.25) is 0 Å². The molecule has 9 heteroatoms. The van der Waals surface area contributed by atoms with Gasteiger partial charge in [-0.05, 0) is 43.2 Å². The van der Waals surface area contributed by atoms with E-state index in [9.17, 15) is 19.5 Å². The number of nitrogens with one attached hydrogen (secondary N) is 1. The minimum atomic E-state index is -1.20. The molecule has 9 nitrogen and oxygen atoms in total. The van der Waals surface area contributed by atoms with E-state index >= 15 is 0 Å². The van der Waals surface area contributed by atoms with E-state index in [-0.39, 0.29) is 29.2 Å². The summed E-state index contributed by atoms with van der Waals surface area (Å²) in [6.45, 7) is 5.19. The lowest BCUT2D eigenvalue weighted by Gasteiger charge is -2.25. The molecule has 2 heterocycles. The molecule has 0 radical (unpaired) electrons. The molecule has 2 N–H and O–H groups in total. The first-order valence-electron chi connectivity index (χ1n) is 13.4. The SMILES string of the molecule is Cc1oc([C@@H](Cc2cn(C)c3ccccc23)NC(=O)[C@@H](OC(=O)CC2CCCCC2)C(C)C)nc1C(=O)O. The minimum Gasteiger partial charge on any atom is -0.476 e. The number of hydrogen-bond acceptors (Lipinski definition) is 6. The van der Waals surface area contributed by atoms with Gasteiger partial charge < -0.3 is 24.1 Å². The van der Waals surface area contributed by atoms with Crippen molar-refractivity contribution in [1.82, 2.24) is 14.9 Å². The number of aromatic nitrogens is 2. The Kier molecular flexibility index (Phi) is 8.54. The van der Waals surface area contributed by atoms with Gasteiger partial charge >= 0.3 is 11.9 Å². The molecule has 1 aliphatic rings. The van der Waals surface area contributed by atoms with Crippen LogP contribution in [0.3, 0.4) is 0 Å². The lowest BCUT2D eigenvalue weighted by Crippen LogP contribution is -2.43. The molecule has 0 unspecified atom stereocenters. The average molecular weight is 524 g/mol. The van der Waals surface area contributed by atoms with Crippen molar-refractivity contribution in [2.24, 2.45) is 18.9 Å². The summed E-state index contributed by atoms with van der Waals surface area (Å²) in [5.41, 5.74) is 1.77. The van der Waals surface area contributed by atoms with Crippen LogP contribution >= 0.6 is 0 Å². The Hall–Kier alpha value is -3.62. The van der Waals surface area contributed by atoms with Crippen molar-refractivity contribution >= 4 is 28.7 Å². The van der Waals surface area contributed by atoms with Crippen LogP contribution < -0.4 is 5.32 Å². The predicted octanol–water partition coefficient (Wildman–Crippen LogP) is 5.11. The number of fused-ring (bicyclic) bond motifs is 1. The van der Waals surface area contributed by atoms with Crippen molar-refractivity contribution in [2.45, 2.75) is 77.9 Å². The van der Waals surface area contributed by atoms with E-state index in [2.05, 4.69) is 10.3 Å². The fraction of sp³-hybridized carbons (Fsp3) is 0.517. The average Bonchev–Trinajstić information content (AvgIpc) is 3.42. The fourth-order valence-electron chi connectivity index (χ4n) is 5.34. The highest BCUT2D eigenvalue weighted by atomic mass is 16.5. The van der Waals surface area contributed by atoms with Gasteiger partial charge in [-0.25, -0.2) is 9.78 Å². The van der Waals surface area contributed by atoms with Gasteiger partial charge in [0.15, 0.2) is 11.8 Å². The predicted molar refractivity (Wildman–Crippen MR) is 142 cm³/mol. The lowest BCUT2D eigenvalue weighted by atomic mass is 9.87. The summed E-state index contributed by atoms with van der Waals surface area (Å²) in [6.07, 6.45) is 7.07. The van der Waals surface area contributed by atoms with E-state index in [0.29, 0.717) is 18.8 Å². The molecule has 4 rings (SSSR count). The van der Waals surface area contributed by atoms with Crippen LogP contribution in [-0.4, -0.2) is 38.6 Å². The summed E-state index contributed by atoms with van der Waals surface area (Å²) in [7, 11) is 1.94. The second kappa shape index (κ2) is 11.8. The number of para-hydroxylation sites is 1. The van der Waals surface area contributed by atoms with Crippen molar-refractivity contribution in [3.05, 3.63) is 53.4 Å². The zero-order chi connectivity index (χ0) is 27.4. The monoisotopic (exact) mass is 523 g/mol. The van der Waals surface area contributed by atoms with Gasteiger partial charge in [0.2, 0.25) is 5.89 Å². The van der Waals surface area contributed by atoms with Crippen LogP contribution in [0.1, 0.15) is 86.1 Å². The Balaban J connectivity index is 1.57. The number of amides is 1. The van der Waals surface area contributed by atoms with Gasteiger partial charge in [0, 0.05) is 37.0 Å². The molecule has 0 saturated heterocycles. The standard InChI is InChI=1S/C29H37N3O6/c1-17(2)26(38-24(33)14-19-10-6-5-7-11-19)27(34)30-22(28-31-25(29(35)36)18(3)37-28)15-20-16-32(4)23-13-9-8-12-21(20)23/h8-9,12-13,16-17,19,22,26H,5-7,10-11,14-15H2,1-4H3,(H,30,34)(H,35,36)/t22-,26+/m1/s1. The molecular weight excluding hydrogens is 486 g/mol. The Labute approximate surface area is 222 Å². The Morgan fingerprint density at radius 1 is 1.18 bits per heavy atom. The maximum atomic E-state index is 13.5. The molecule has 0 bridgehead atoms. The lowest BCUT2D eigenvalue weighted by molar-refractivity contribution is -0.160. The second-order valence-corrected chi connectivity index (χ2v) is 10.7. The molecule has 1 aromatic carbocycles. The Bertz CT molecular complexity index is 1300. The number of nitrogens with zero attached hydrogens (tertiary/aromatic N) is 2. The van der Waals surface area contributed by atoms with E-state index in [1.165, 1.54) is 13.3 Å². The van der Waals surface area contributed by atoms with E-state index in [4.69, 9.17) is 9.15 Å². The molecule has 204 valence electrons. The number of ether oxygens (including phenoxy) is 1. The van der Waals surface area contributed by atoms with Crippen molar-refractivity contribution in [3.63, 3.8) is 0 Å². The molecule has 3 aromatic rings. The molecular formula is C29H37N3O6. The highest BCUT2D eigenvalue weighted by Crippen LogP contribution is 2.29. The number of carboxylic acids is 1. The molecule has 0 spiro atoms. The van der Waals surface area contributed by atoms with Crippen molar-refractivity contribution < 1.29 is 28.6 Å². The number of carbonyl (C=O) groups excluding carboxylic acids is 2. The molecule has 1 fully saturated rings. The van der Waals surface area contributed by atoms with Gasteiger partial charge in [0.05, 0.1) is 0 Å². The quantitative estimate of drug-likeness (QED) is 0.354. The fourth-order valence-corrected chi connectivity index (χ4v) is 5.34. The Morgan fingerprint density at radius 2 is 1.89 bits per heavy atom. The largest absolute Gasteiger partial charge is 0.476 e. The van der Waals surface area contributed by atoms with E-state index in [1.54, 1.807) is 0 Å². The number of aromatic carboxylic acids is 1. The number of esters is 1. The summed E-state index contributed by atoms with van der Waals surface area (Å²) in [6, 6.07) is 7.13. The highest BCUT2D eigenvalue weighted by molar-refractivity contribution is 5.87. The van der Waals surface area contributed by atoms with Gasteiger partial charge in [0.25, 0.3) is 5.91 Å². The van der Waals surface area contributed by atoms with Crippen LogP contribution in [0.4, 0.5) is 0 Å². The van der Waals surface area contributed by atoms with Gasteiger partial charge in [-0.15, -0.1) is 0 Å². The normalized spacial score (nSPS) is 15.9. The third kappa shape index (κ3) is 6.26. The van der Waals surface area contributed by atoms with Crippen LogP contribution in [0.5, 0.6) is 0 Å². The number of oxazole rings is 1. The van der Waals surface area contributed by atoms with E-state index in [1.807, 2.05) is 55.9 Å².